The van der Waals surface area contributed by atoms with E-state index in [4.69, 9.17) is 4.74 Å². The van der Waals surface area contributed by atoms with Gasteiger partial charge in [-0.25, -0.2) is 0 Å². The van der Waals surface area contributed by atoms with Gasteiger partial charge in [0, 0.05) is 6.61 Å². The average molecular weight is 172 g/mol. The van der Waals surface area contributed by atoms with Crippen LogP contribution < -0.4 is 0 Å². The third-order valence-corrected chi connectivity index (χ3v) is 2.86. The largest absolute Gasteiger partial charge is 0.393 e. The average Bonchev–Trinajstić information content (AvgIpc) is 2.07. The standard InChI is InChI=1S/C10H20O2/c1-3-8(4-2)10-7-9(11)5-6-12-10/h8-11H,3-7H2,1-2H3. The normalized spacial score (nSPS) is 31.0. The van der Waals surface area contributed by atoms with Gasteiger partial charge in [0.1, 0.15) is 0 Å². The highest BCUT2D eigenvalue weighted by Gasteiger charge is 2.25. The molecule has 0 aliphatic carbocycles. The first-order valence-corrected chi connectivity index (χ1v) is 5.07. The molecular weight excluding hydrogens is 152 g/mol. The Morgan fingerprint density at radius 2 is 2.08 bits per heavy atom. The molecule has 0 spiro atoms. The van der Waals surface area contributed by atoms with Gasteiger partial charge in [0.05, 0.1) is 12.2 Å². The van der Waals surface area contributed by atoms with Crippen molar-refractivity contribution in [2.75, 3.05) is 6.61 Å². The molecule has 1 N–H and O–H groups in total. The summed E-state index contributed by atoms with van der Waals surface area (Å²) in [7, 11) is 0. The Labute approximate surface area is 74.9 Å². The van der Waals surface area contributed by atoms with E-state index in [9.17, 15) is 5.11 Å². The van der Waals surface area contributed by atoms with Crippen LogP contribution in [0.25, 0.3) is 0 Å². The zero-order chi connectivity index (χ0) is 8.97. The monoisotopic (exact) mass is 172 g/mol. The summed E-state index contributed by atoms with van der Waals surface area (Å²) in [5, 5.41) is 9.44. The fraction of sp³-hybridized carbons (Fsp3) is 1.00. The van der Waals surface area contributed by atoms with Crippen LogP contribution in [0.5, 0.6) is 0 Å². The lowest BCUT2D eigenvalue weighted by Gasteiger charge is -2.31. The maximum absolute atomic E-state index is 9.44. The summed E-state index contributed by atoms with van der Waals surface area (Å²) in [4.78, 5) is 0. The second-order valence-corrected chi connectivity index (χ2v) is 3.66. The highest BCUT2D eigenvalue weighted by Crippen LogP contribution is 2.24. The molecule has 72 valence electrons. The van der Waals surface area contributed by atoms with Crippen molar-refractivity contribution in [2.45, 2.75) is 51.7 Å². The molecule has 0 amide bonds. The van der Waals surface area contributed by atoms with Gasteiger partial charge in [-0.3, -0.25) is 0 Å². The molecule has 1 fully saturated rings. The molecule has 1 saturated heterocycles. The first kappa shape index (κ1) is 10.0. The minimum atomic E-state index is -0.121. The Hall–Kier alpha value is -0.0800. The van der Waals surface area contributed by atoms with E-state index in [-0.39, 0.29) is 6.10 Å². The lowest BCUT2D eigenvalue weighted by molar-refractivity contribution is -0.0705. The number of ether oxygens (including phenoxy) is 1. The van der Waals surface area contributed by atoms with Gasteiger partial charge in [-0.1, -0.05) is 26.7 Å². The van der Waals surface area contributed by atoms with Crippen molar-refractivity contribution >= 4 is 0 Å². The van der Waals surface area contributed by atoms with Crippen LogP contribution in [-0.2, 0) is 4.74 Å². The van der Waals surface area contributed by atoms with Gasteiger partial charge in [-0.2, -0.15) is 0 Å². The van der Waals surface area contributed by atoms with E-state index >= 15 is 0 Å². The van der Waals surface area contributed by atoms with Gasteiger partial charge in [-0.15, -0.1) is 0 Å². The zero-order valence-electron chi connectivity index (χ0n) is 8.12. The molecule has 2 unspecified atom stereocenters. The summed E-state index contributed by atoms with van der Waals surface area (Å²) < 4.78 is 5.63. The van der Waals surface area contributed by atoms with Crippen LogP contribution >= 0.6 is 0 Å². The number of rotatable bonds is 3. The van der Waals surface area contributed by atoms with Crippen LogP contribution in [0.3, 0.4) is 0 Å². The summed E-state index contributed by atoms with van der Waals surface area (Å²) in [6.45, 7) is 5.12. The van der Waals surface area contributed by atoms with Crippen LogP contribution in [0.2, 0.25) is 0 Å². The predicted octanol–water partition coefficient (Wildman–Crippen LogP) is 1.96. The van der Waals surface area contributed by atoms with E-state index in [2.05, 4.69) is 13.8 Å². The third-order valence-electron chi connectivity index (χ3n) is 2.86. The molecule has 0 aromatic heterocycles. The van der Waals surface area contributed by atoms with Crippen molar-refractivity contribution in [3.05, 3.63) is 0 Å². The van der Waals surface area contributed by atoms with E-state index in [0.29, 0.717) is 12.0 Å². The lowest BCUT2D eigenvalue weighted by Crippen LogP contribution is -2.34. The van der Waals surface area contributed by atoms with Crippen molar-refractivity contribution < 1.29 is 9.84 Å². The zero-order valence-corrected chi connectivity index (χ0v) is 8.12. The van der Waals surface area contributed by atoms with Crippen LogP contribution in [0, 0.1) is 5.92 Å². The van der Waals surface area contributed by atoms with Gasteiger partial charge in [0.2, 0.25) is 0 Å². The van der Waals surface area contributed by atoms with Gasteiger partial charge in [0.15, 0.2) is 0 Å². The highest BCUT2D eigenvalue weighted by molar-refractivity contribution is 4.75. The van der Waals surface area contributed by atoms with Gasteiger partial charge >= 0.3 is 0 Å². The van der Waals surface area contributed by atoms with E-state index < -0.39 is 0 Å². The van der Waals surface area contributed by atoms with E-state index in [1.165, 1.54) is 0 Å². The number of hydrogen-bond donors (Lipinski definition) is 1. The van der Waals surface area contributed by atoms with Crippen molar-refractivity contribution in [3.63, 3.8) is 0 Å². The van der Waals surface area contributed by atoms with Gasteiger partial charge in [-0.05, 0) is 18.8 Å². The fourth-order valence-corrected chi connectivity index (χ4v) is 1.95. The van der Waals surface area contributed by atoms with Crippen LogP contribution in [0.15, 0.2) is 0 Å². The van der Waals surface area contributed by atoms with Crippen LogP contribution in [0.4, 0.5) is 0 Å². The second-order valence-electron chi connectivity index (χ2n) is 3.66. The molecule has 2 heteroatoms. The van der Waals surface area contributed by atoms with Crippen LogP contribution in [0.1, 0.15) is 39.5 Å². The number of aliphatic hydroxyl groups excluding tert-OH is 1. The lowest BCUT2D eigenvalue weighted by atomic mass is 9.90. The van der Waals surface area contributed by atoms with E-state index in [1.54, 1.807) is 0 Å². The predicted molar refractivity (Wildman–Crippen MR) is 49.1 cm³/mol. The number of hydrogen-bond acceptors (Lipinski definition) is 2. The Morgan fingerprint density at radius 3 is 2.58 bits per heavy atom. The quantitative estimate of drug-likeness (QED) is 0.705. The van der Waals surface area contributed by atoms with Crippen molar-refractivity contribution in [2.24, 2.45) is 5.92 Å². The minimum absolute atomic E-state index is 0.121. The summed E-state index contributed by atoms with van der Waals surface area (Å²) in [6, 6.07) is 0. The molecule has 2 nitrogen and oxygen atoms in total. The summed E-state index contributed by atoms with van der Waals surface area (Å²) >= 11 is 0. The van der Waals surface area contributed by atoms with E-state index in [1.807, 2.05) is 0 Å². The molecule has 0 bridgehead atoms. The Kier molecular flexibility index (Phi) is 4.02. The molecular formula is C10H20O2. The first-order chi connectivity index (χ1) is 5.77. The Balaban J connectivity index is 2.38. The molecule has 2 atom stereocenters. The molecule has 1 aliphatic heterocycles. The number of aliphatic hydroxyl groups is 1. The molecule has 1 aliphatic rings. The smallest absolute Gasteiger partial charge is 0.0627 e. The second kappa shape index (κ2) is 4.83. The van der Waals surface area contributed by atoms with Crippen molar-refractivity contribution in [1.82, 2.24) is 0 Å². The maximum Gasteiger partial charge on any atom is 0.0627 e. The highest BCUT2D eigenvalue weighted by atomic mass is 16.5. The molecule has 12 heavy (non-hydrogen) atoms. The minimum Gasteiger partial charge on any atom is -0.393 e. The summed E-state index contributed by atoms with van der Waals surface area (Å²) in [5.74, 6) is 0.639. The Morgan fingerprint density at radius 1 is 1.42 bits per heavy atom. The molecule has 0 aromatic carbocycles. The van der Waals surface area contributed by atoms with Crippen molar-refractivity contribution in [3.8, 4) is 0 Å². The molecule has 1 rings (SSSR count). The Bertz CT molecular complexity index is 121. The maximum atomic E-state index is 9.44. The van der Waals surface area contributed by atoms with Crippen molar-refractivity contribution in [1.29, 1.82) is 0 Å². The summed E-state index contributed by atoms with van der Waals surface area (Å²) in [5.41, 5.74) is 0. The topological polar surface area (TPSA) is 29.5 Å². The molecule has 0 saturated carbocycles. The SMILES string of the molecule is CCC(CC)C1CC(O)CCO1. The first-order valence-electron chi connectivity index (χ1n) is 5.07. The van der Waals surface area contributed by atoms with Gasteiger partial charge < -0.3 is 9.84 Å². The molecule has 0 radical (unpaired) electrons. The third kappa shape index (κ3) is 2.46. The van der Waals surface area contributed by atoms with Crippen LogP contribution in [-0.4, -0.2) is 23.9 Å². The van der Waals surface area contributed by atoms with E-state index in [0.717, 1.165) is 32.3 Å². The van der Waals surface area contributed by atoms with Gasteiger partial charge in [0.25, 0.3) is 0 Å². The fourth-order valence-electron chi connectivity index (χ4n) is 1.95. The molecule has 1 heterocycles. The summed E-state index contributed by atoms with van der Waals surface area (Å²) in [6.07, 6.45) is 4.17. The molecule has 0 aromatic rings.